The van der Waals surface area contributed by atoms with Gasteiger partial charge in [0.05, 0.1) is 11.7 Å². The minimum atomic E-state index is 0.0612. The topological polar surface area (TPSA) is 56.6 Å². The molecule has 6 heteroatoms. The van der Waals surface area contributed by atoms with Crippen molar-refractivity contribution < 1.29 is 14.3 Å². The predicted octanol–water partition coefficient (Wildman–Crippen LogP) is 3.93. The minimum Gasteiger partial charge on any atom is -0.486 e. The van der Waals surface area contributed by atoms with Gasteiger partial charge in [0.1, 0.15) is 13.2 Å². The molecule has 3 aromatic rings. The van der Waals surface area contributed by atoms with Crippen LogP contribution in [0, 0.1) is 6.92 Å². The van der Waals surface area contributed by atoms with E-state index in [1.807, 2.05) is 65.0 Å². The maximum Gasteiger partial charge on any atom is 0.254 e. The van der Waals surface area contributed by atoms with Crippen molar-refractivity contribution in [2.24, 2.45) is 0 Å². The molecule has 0 bridgehead atoms. The van der Waals surface area contributed by atoms with E-state index in [1.165, 1.54) is 0 Å². The highest BCUT2D eigenvalue weighted by molar-refractivity contribution is 5.95. The summed E-state index contributed by atoms with van der Waals surface area (Å²) in [6.07, 6.45) is 3.72. The highest BCUT2D eigenvalue weighted by Crippen LogP contribution is 2.38. The molecule has 0 radical (unpaired) electrons. The number of amides is 1. The number of ether oxygens (including phenoxy) is 2. The average Bonchev–Trinajstić information content (AvgIpc) is 3.42. The first-order valence-corrected chi connectivity index (χ1v) is 10.0. The molecule has 0 aliphatic carbocycles. The van der Waals surface area contributed by atoms with Crippen LogP contribution in [0.1, 0.15) is 40.5 Å². The van der Waals surface area contributed by atoms with E-state index < -0.39 is 0 Å². The molecular formula is C23H23N3O3. The molecule has 5 rings (SSSR count). The van der Waals surface area contributed by atoms with Gasteiger partial charge in [-0.25, -0.2) is 4.68 Å². The Kier molecular flexibility index (Phi) is 4.46. The van der Waals surface area contributed by atoms with Gasteiger partial charge in [0.15, 0.2) is 11.5 Å². The summed E-state index contributed by atoms with van der Waals surface area (Å²) in [5.74, 6) is 1.61. The summed E-state index contributed by atoms with van der Waals surface area (Å²) in [6, 6.07) is 15.7. The van der Waals surface area contributed by atoms with E-state index in [2.05, 4.69) is 5.10 Å². The van der Waals surface area contributed by atoms with Crippen molar-refractivity contribution in [3.8, 4) is 17.2 Å². The molecule has 29 heavy (non-hydrogen) atoms. The first-order valence-electron chi connectivity index (χ1n) is 10.0. The first kappa shape index (κ1) is 17.8. The highest BCUT2D eigenvalue weighted by atomic mass is 16.6. The zero-order chi connectivity index (χ0) is 19.8. The number of benzene rings is 2. The van der Waals surface area contributed by atoms with E-state index in [0.29, 0.717) is 18.8 Å². The van der Waals surface area contributed by atoms with Gasteiger partial charge in [-0.1, -0.05) is 6.07 Å². The second-order valence-electron chi connectivity index (χ2n) is 7.49. The number of hydrogen-bond acceptors (Lipinski definition) is 4. The molecule has 0 unspecified atom stereocenters. The van der Waals surface area contributed by atoms with Crippen LogP contribution in [0.4, 0.5) is 0 Å². The fraction of sp³-hybridized carbons (Fsp3) is 0.304. The molecule has 3 heterocycles. The summed E-state index contributed by atoms with van der Waals surface area (Å²) in [5.41, 5.74) is 3.81. The predicted molar refractivity (Wildman–Crippen MR) is 109 cm³/mol. The molecule has 1 aromatic heterocycles. The van der Waals surface area contributed by atoms with Gasteiger partial charge in [0.25, 0.3) is 5.91 Å². The summed E-state index contributed by atoms with van der Waals surface area (Å²) >= 11 is 0. The number of hydrogen-bond donors (Lipinski definition) is 0. The molecule has 6 nitrogen and oxygen atoms in total. The third kappa shape index (κ3) is 3.24. The zero-order valence-electron chi connectivity index (χ0n) is 16.4. The van der Waals surface area contributed by atoms with Crippen LogP contribution in [-0.4, -0.2) is 40.3 Å². The number of nitrogens with zero attached hydrogens (tertiary/aromatic N) is 3. The molecule has 2 aliphatic heterocycles. The van der Waals surface area contributed by atoms with Crippen molar-refractivity contribution in [1.82, 2.24) is 14.7 Å². The lowest BCUT2D eigenvalue weighted by Gasteiger charge is -2.27. The fourth-order valence-corrected chi connectivity index (χ4v) is 4.17. The van der Waals surface area contributed by atoms with Crippen LogP contribution in [0.3, 0.4) is 0 Å². The van der Waals surface area contributed by atoms with E-state index in [1.54, 1.807) is 6.20 Å². The van der Waals surface area contributed by atoms with Gasteiger partial charge in [-0.05, 0) is 67.8 Å². The van der Waals surface area contributed by atoms with Crippen LogP contribution in [-0.2, 0) is 0 Å². The van der Waals surface area contributed by atoms with E-state index in [0.717, 1.165) is 47.8 Å². The fourth-order valence-electron chi connectivity index (χ4n) is 4.17. The van der Waals surface area contributed by atoms with E-state index in [-0.39, 0.29) is 11.9 Å². The maximum atomic E-state index is 13.2. The lowest BCUT2D eigenvalue weighted by molar-refractivity contribution is 0.0735. The monoisotopic (exact) mass is 389 g/mol. The number of likely N-dealkylation sites (tertiary alicyclic amines) is 1. The van der Waals surface area contributed by atoms with Gasteiger partial charge < -0.3 is 14.4 Å². The van der Waals surface area contributed by atoms with Crippen molar-refractivity contribution >= 4 is 5.91 Å². The SMILES string of the molecule is Cc1ccnn1-c1ccc(C(=O)N2CCC[C@@H]2c2ccc3c(c2)OCCO3)cc1. The van der Waals surface area contributed by atoms with Crippen molar-refractivity contribution in [3.63, 3.8) is 0 Å². The Labute approximate surface area is 169 Å². The van der Waals surface area contributed by atoms with Crippen molar-refractivity contribution in [2.45, 2.75) is 25.8 Å². The minimum absolute atomic E-state index is 0.0612. The average molecular weight is 389 g/mol. The maximum absolute atomic E-state index is 13.2. The van der Waals surface area contributed by atoms with Gasteiger partial charge in [-0.15, -0.1) is 0 Å². The molecule has 0 N–H and O–H groups in total. The molecule has 2 aliphatic rings. The summed E-state index contributed by atoms with van der Waals surface area (Å²) in [4.78, 5) is 15.2. The smallest absolute Gasteiger partial charge is 0.254 e. The highest BCUT2D eigenvalue weighted by Gasteiger charge is 2.31. The van der Waals surface area contributed by atoms with Crippen LogP contribution >= 0.6 is 0 Å². The second kappa shape index (κ2) is 7.28. The number of carbonyl (C=O) groups excluding carboxylic acids is 1. The van der Waals surface area contributed by atoms with Gasteiger partial charge in [0, 0.05) is 24.0 Å². The largest absolute Gasteiger partial charge is 0.486 e. The normalized spacial score (nSPS) is 18.1. The lowest BCUT2D eigenvalue weighted by atomic mass is 10.0. The lowest BCUT2D eigenvalue weighted by Crippen LogP contribution is -2.30. The number of fused-ring (bicyclic) bond motifs is 1. The molecule has 0 saturated carbocycles. The zero-order valence-corrected chi connectivity index (χ0v) is 16.4. The van der Waals surface area contributed by atoms with Crippen molar-refractivity contribution in [2.75, 3.05) is 19.8 Å². The molecule has 148 valence electrons. The van der Waals surface area contributed by atoms with Crippen molar-refractivity contribution in [1.29, 1.82) is 0 Å². The summed E-state index contributed by atoms with van der Waals surface area (Å²) in [7, 11) is 0. The van der Waals surface area contributed by atoms with E-state index in [9.17, 15) is 4.79 Å². The van der Waals surface area contributed by atoms with E-state index >= 15 is 0 Å². The van der Waals surface area contributed by atoms with Crippen LogP contribution in [0.2, 0.25) is 0 Å². The Morgan fingerprint density at radius 1 is 1.03 bits per heavy atom. The first-order chi connectivity index (χ1) is 14.2. The molecule has 1 atom stereocenters. The Morgan fingerprint density at radius 3 is 2.59 bits per heavy atom. The number of aromatic nitrogens is 2. The van der Waals surface area contributed by atoms with Crippen LogP contribution in [0.25, 0.3) is 5.69 Å². The number of aryl methyl sites for hydroxylation is 1. The Hall–Kier alpha value is -3.28. The quantitative estimate of drug-likeness (QED) is 0.681. The Morgan fingerprint density at radius 2 is 1.83 bits per heavy atom. The molecule has 1 amide bonds. The van der Waals surface area contributed by atoms with E-state index in [4.69, 9.17) is 9.47 Å². The van der Waals surface area contributed by atoms with Gasteiger partial charge in [-0.3, -0.25) is 4.79 Å². The molecule has 2 aromatic carbocycles. The van der Waals surface area contributed by atoms with Gasteiger partial charge in [-0.2, -0.15) is 5.10 Å². The summed E-state index contributed by atoms with van der Waals surface area (Å²) in [6.45, 7) is 3.91. The molecular weight excluding hydrogens is 366 g/mol. The van der Waals surface area contributed by atoms with Crippen molar-refractivity contribution in [3.05, 3.63) is 71.5 Å². The Balaban J connectivity index is 1.38. The number of carbonyl (C=O) groups is 1. The third-order valence-electron chi connectivity index (χ3n) is 5.66. The van der Waals surface area contributed by atoms with Gasteiger partial charge >= 0.3 is 0 Å². The van der Waals surface area contributed by atoms with Crippen LogP contribution in [0.15, 0.2) is 54.7 Å². The number of rotatable bonds is 3. The Bertz CT molecular complexity index is 1040. The van der Waals surface area contributed by atoms with Crippen LogP contribution in [0.5, 0.6) is 11.5 Å². The standard InChI is InChI=1S/C23H23N3O3/c1-16-10-11-24-26(16)19-7-4-17(5-8-19)23(27)25-12-2-3-20(25)18-6-9-21-22(15-18)29-14-13-28-21/h4-11,15,20H,2-3,12-14H2,1H3/t20-/m1/s1. The molecule has 1 fully saturated rings. The van der Waals surface area contributed by atoms with Gasteiger partial charge in [0.2, 0.25) is 0 Å². The van der Waals surface area contributed by atoms with Crippen LogP contribution < -0.4 is 9.47 Å². The molecule has 1 saturated heterocycles. The third-order valence-corrected chi connectivity index (χ3v) is 5.66. The summed E-state index contributed by atoms with van der Waals surface area (Å²) in [5, 5.41) is 4.32. The molecule has 0 spiro atoms. The second-order valence-corrected chi connectivity index (χ2v) is 7.49. The summed E-state index contributed by atoms with van der Waals surface area (Å²) < 4.78 is 13.2.